The maximum absolute atomic E-state index is 11.0. The van der Waals surface area contributed by atoms with Gasteiger partial charge in [-0.25, -0.2) is 8.42 Å². The summed E-state index contributed by atoms with van der Waals surface area (Å²) >= 11 is 6.19. The molecule has 0 spiro atoms. The first-order valence-corrected chi connectivity index (χ1v) is 5.43. The lowest BCUT2D eigenvalue weighted by Crippen LogP contribution is -2.11. The summed E-state index contributed by atoms with van der Waals surface area (Å²) in [6.07, 6.45) is 0. The highest BCUT2D eigenvalue weighted by Gasteiger charge is 2.13. The SMILES string of the molecule is Cc1ccc(S(=O)(=O)NCl)s1. The maximum Gasteiger partial charge on any atom is 0.263 e. The molecule has 1 aromatic rings. The molecule has 0 aliphatic rings. The van der Waals surface area contributed by atoms with Crippen LogP contribution in [0.4, 0.5) is 0 Å². The highest BCUT2D eigenvalue weighted by atomic mass is 35.5. The van der Waals surface area contributed by atoms with Crippen molar-refractivity contribution in [3.8, 4) is 0 Å². The molecule has 0 atom stereocenters. The molecule has 0 bridgehead atoms. The number of rotatable bonds is 2. The summed E-state index contributed by atoms with van der Waals surface area (Å²) in [4.78, 5) is 0.940. The van der Waals surface area contributed by atoms with Crippen LogP contribution in [-0.2, 0) is 10.0 Å². The predicted molar refractivity (Wildman–Crippen MR) is 45.2 cm³/mol. The highest BCUT2D eigenvalue weighted by molar-refractivity contribution is 7.92. The predicted octanol–water partition coefficient (Wildman–Crippen LogP) is 1.49. The van der Waals surface area contributed by atoms with Gasteiger partial charge in [-0.15, -0.1) is 15.6 Å². The number of sulfonamides is 1. The molecule has 6 heteroatoms. The second-order valence-corrected chi connectivity index (χ2v) is 5.56. The highest BCUT2D eigenvalue weighted by Crippen LogP contribution is 2.20. The molecular formula is C5H6ClNO2S2. The summed E-state index contributed by atoms with van der Waals surface area (Å²) in [6.45, 7) is 1.83. The molecule has 62 valence electrons. The van der Waals surface area contributed by atoms with E-state index in [0.717, 1.165) is 4.88 Å². The molecule has 1 rings (SSSR count). The van der Waals surface area contributed by atoms with Crippen molar-refractivity contribution < 1.29 is 8.42 Å². The number of hydrogen-bond donors (Lipinski definition) is 1. The average molecular weight is 212 g/mol. The molecule has 0 fully saturated rings. The first-order chi connectivity index (χ1) is 5.06. The molecule has 0 unspecified atom stereocenters. The van der Waals surface area contributed by atoms with E-state index in [2.05, 4.69) is 0 Å². The van der Waals surface area contributed by atoms with Crippen molar-refractivity contribution in [1.29, 1.82) is 0 Å². The van der Waals surface area contributed by atoms with Gasteiger partial charge in [0.2, 0.25) is 0 Å². The van der Waals surface area contributed by atoms with E-state index < -0.39 is 10.0 Å². The van der Waals surface area contributed by atoms with Crippen molar-refractivity contribution in [2.45, 2.75) is 11.1 Å². The third-order valence-corrected chi connectivity index (χ3v) is 4.26. The van der Waals surface area contributed by atoms with Gasteiger partial charge in [0.05, 0.1) is 0 Å². The maximum atomic E-state index is 11.0. The first-order valence-electron chi connectivity index (χ1n) is 2.75. The van der Waals surface area contributed by atoms with E-state index in [9.17, 15) is 8.42 Å². The Morgan fingerprint density at radius 2 is 2.18 bits per heavy atom. The summed E-state index contributed by atoms with van der Waals surface area (Å²) in [7, 11) is -3.44. The fourth-order valence-corrected chi connectivity index (χ4v) is 2.85. The number of nitrogens with one attached hydrogen (secondary N) is 1. The van der Waals surface area contributed by atoms with Gasteiger partial charge >= 0.3 is 0 Å². The number of halogens is 1. The quantitative estimate of drug-likeness (QED) is 0.754. The minimum Gasteiger partial charge on any atom is -0.205 e. The van der Waals surface area contributed by atoms with Crippen LogP contribution in [0.25, 0.3) is 0 Å². The zero-order valence-corrected chi connectivity index (χ0v) is 8.05. The van der Waals surface area contributed by atoms with Gasteiger partial charge in [0, 0.05) is 4.88 Å². The second kappa shape index (κ2) is 3.10. The van der Waals surface area contributed by atoms with Crippen LogP contribution in [-0.4, -0.2) is 8.42 Å². The largest absolute Gasteiger partial charge is 0.263 e. The van der Waals surface area contributed by atoms with Gasteiger partial charge in [0.15, 0.2) is 0 Å². The third kappa shape index (κ3) is 1.93. The smallest absolute Gasteiger partial charge is 0.205 e. The van der Waals surface area contributed by atoms with E-state index in [0.29, 0.717) is 0 Å². The summed E-state index contributed by atoms with van der Waals surface area (Å²) < 4.78 is 23.9. The third-order valence-electron chi connectivity index (χ3n) is 1.08. The van der Waals surface area contributed by atoms with Crippen LogP contribution in [0.3, 0.4) is 0 Å². The molecule has 0 saturated carbocycles. The van der Waals surface area contributed by atoms with Crippen molar-refractivity contribution in [2.24, 2.45) is 0 Å². The average Bonchev–Trinajstić information content (AvgIpc) is 2.36. The Labute approximate surface area is 74.2 Å². The van der Waals surface area contributed by atoms with Crippen LogP contribution in [0.2, 0.25) is 0 Å². The molecule has 11 heavy (non-hydrogen) atoms. The molecule has 0 aromatic carbocycles. The molecule has 0 amide bonds. The Bertz CT molecular complexity index is 343. The minimum atomic E-state index is -3.44. The number of aryl methyl sites for hydroxylation is 1. The Morgan fingerprint density at radius 1 is 1.55 bits per heavy atom. The van der Waals surface area contributed by atoms with Crippen LogP contribution < -0.4 is 4.24 Å². The Hall–Kier alpha value is -0.100. The van der Waals surface area contributed by atoms with Crippen molar-refractivity contribution in [1.82, 2.24) is 4.24 Å². The van der Waals surface area contributed by atoms with E-state index in [1.54, 1.807) is 10.3 Å². The first kappa shape index (κ1) is 8.99. The summed E-state index contributed by atoms with van der Waals surface area (Å²) in [6, 6.07) is 3.25. The van der Waals surface area contributed by atoms with Gasteiger partial charge in [0.1, 0.15) is 4.21 Å². The monoisotopic (exact) mass is 211 g/mol. The number of hydrogen-bond acceptors (Lipinski definition) is 3. The van der Waals surface area contributed by atoms with Gasteiger partial charge in [-0.05, 0) is 30.8 Å². The lowest BCUT2D eigenvalue weighted by Gasteiger charge is -1.93. The van der Waals surface area contributed by atoms with Crippen molar-refractivity contribution in [2.75, 3.05) is 0 Å². The standard InChI is InChI=1S/C5H6ClNO2S2/c1-4-2-3-5(10-4)11(8,9)7-6/h2-3,7H,1H3. The lowest BCUT2D eigenvalue weighted by atomic mass is 10.5. The number of thiophene rings is 1. The van der Waals surface area contributed by atoms with E-state index in [-0.39, 0.29) is 4.21 Å². The Morgan fingerprint density at radius 3 is 2.55 bits per heavy atom. The van der Waals surface area contributed by atoms with Crippen LogP contribution in [0.1, 0.15) is 4.88 Å². The fraction of sp³-hybridized carbons (Fsp3) is 0.200. The minimum absolute atomic E-state index is 0.241. The van der Waals surface area contributed by atoms with Gasteiger partial charge in [-0.1, -0.05) is 0 Å². The van der Waals surface area contributed by atoms with Crippen molar-refractivity contribution in [3.05, 3.63) is 17.0 Å². The molecule has 1 heterocycles. The summed E-state index contributed by atoms with van der Waals surface area (Å²) in [5.41, 5.74) is 0. The van der Waals surface area contributed by atoms with Crippen LogP contribution in [0.5, 0.6) is 0 Å². The molecule has 0 aliphatic heterocycles. The van der Waals surface area contributed by atoms with Crippen LogP contribution in [0, 0.1) is 6.92 Å². The van der Waals surface area contributed by atoms with Crippen molar-refractivity contribution in [3.63, 3.8) is 0 Å². The molecular weight excluding hydrogens is 206 g/mol. The van der Waals surface area contributed by atoms with Crippen LogP contribution in [0.15, 0.2) is 16.3 Å². The van der Waals surface area contributed by atoms with E-state index >= 15 is 0 Å². The summed E-state index contributed by atoms with van der Waals surface area (Å²) in [5.74, 6) is 0. The molecule has 3 nitrogen and oxygen atoms in total. The zero-order valence-electron chi connectivity index (χ0n) is 5.67. The second-order valence-electron chi connectivity index (χ2n) is 1.95. The van der Waals surface area contributed by atoms with E-state index in [4.69, 9.17) is 11.8 Å². The van der Waals surface area contributed by atoms with Crippen LogP contribution >= 0.6 is 23.1 Å². The van der Waals surface area contributed by atoms with Crippen molar-refractivity contribution >= 4 is 33.1 Å². The Kier molecular flexibility index (Phi) is 2.54. The molecule has 0 aliphatic carbocycles. The zero-order chi connectivity index (χ0) is 8.48. The topological polar surface area (TPSA) is 46.2 Å². The van der Waals surface area contributed by atoms with Gasteiger partial charge < -0.3 is 0 Å². The molecule has 0 saturated heterocycles. The van der Waals surface area contributed by atoms with Gasteiger partial charge in [-0.2, -0.15) is 0 Å². The van der Waals surface area contributed by atoms with Gasteiger partial charge in [0.25, 0.3) is 10.0 Å². The lowest BCUT2D eigenvalue weighted by molar-refractivity contribution is 0.596. The fourth-order valence-electron chi connectivity index (χ4n) is 0.595. The van der Waals surface area contributed by atoms with E-state index in [1.807, 2.05) is 6.92 Å². The molecule has 1 N–H and O–H groups in total. The normalized spacial score (nSPS) is 11.8. The molecule has 1 aromatic heterocycles. The van der Waals surface area contributed by atoms with E-state index in [1.165, 1.54) is 17.4 Å². The summed E-state index contributed by atoms with van der Waals surface area (Å²) in [5, 5.41) is 0. The van der Waals surface area contributed by atoms with Gasteiger partial charge in [-0.3, -0.25) is 0 Å². The Balaban J connectivity index is 3.13. The molecule has 0 radical (unpaired) electrons.